The molecule has 0 N–H and O–H groups in total. The molecule has 1 unspecified atom stereocenters. The first-order valence-corrected chi connectivity index (χ1v) is 6.88. The Hall–Kier alpha value is -0.510. The van der Waals surface area contributed by atoms with E-state index in [-0.39, 0.29) is 17.9 Å². The summed E-state index contributed by atoms with van der Waals surface area (Å²) in [5.74, 6) is -0.102. The minimum absolute atomic E-state index is 0.0193. The van der Waals surface area contributed by atoms with Crippen molar-refractivity contribution >= 4 is 22.8 Å². The first-order valence-electron chi connectivity index (χ1n) is 5.65. The largest absolute Gasteiger partial charge is 0.460 e. The second kappa shape index (κ2) is 5.21. The fourth-order valence-electron chi connectivity index (χ4n) is 1.76. The summed E-state index contributed by atoms with van der Waals surface area (Å²) in [4.78, 5) is 16.4. The summed E-state index contributed by atoms with van der Waals surface area (Å²) >= 11 is 1.63. The number of nitrogens with zero attached hydrogens (tertiary/aromatic N) is 1. The van der Waals surface area contributed by atoms with Gasteiger partial charge in [-0.05, 0) is 40.4 Å². The van der Waals surface area contributed by atoms with Crippen LogP contribution in [0.4, 0.5) is 0 Å². The van der Waals surface area contributed by atoms with Crippen molar-refractivity contribution in [2.24, 2.45) is 10.9 Å². The van der Waals surface area contributed by atoms with Crippen LogP contribution in [-0.4, -0.2) is 28.9 Å². The number of hydrogen-bond acceptors (Lipinski definition) is 4. The maximum Gasteiger partial charge on any atom is 0.309 e. The molecular weight excluding hydrogens is 222 g/mol. The molecule has 3 nitrogen and oxygen atoms in total. The number of ether oxygens (including phenoxy) is 1. The Kier molecular flexibility index (Phi) is 4.42. The van der Waals surface area contributed by atoms with E-state index in [1.54, 1.807) is 11.8 Å². The van der Waals surface area contributed by atoms with Gasteiger partial charge in [-0.25, -0.2) is 0 Å². The van der Waals surface area contributed by atoms with Gasteiger partial charge in [-0.15, -0.1) is 11.8 Å². The van der Waals surface area contributed by atoms with Crippen LogP contribution in [-0.2, 0) is 9.53 Å². The number of hydrogen-bond donors (Lipinski definition) is 0. The third kappa shape index (κ3) is 4.16. The monoisotopic (exact) mass is 243 g/mol. The highest BCUT2D eigenvalue weighted by Gasteiger charge is 2.30. The van der Waals surface area contributed by atoms with E-state index in [0.29, 0.717) is 0 Å². The lowest BCUT2D eigenvalue weighted by Crippen LogP contribution is -2.33. The Balaban J connectivity index is 2.62. The van der Waals surface area contributed by atoms with Crippen molar-refractivity contribution in [1.29, 1.82) is 0 Å². The fraction of sp³-hybridized carbons (Fsp3) is 0.833. The quantitative estimate of drug-likeness (QED) is 0.665. The third-order valence-corrected chi connectivity index (χ3v) is 3.13. The van der Waals surface area contributed by atoms with E-state index in [2.05, 4.69) is 4.99 Å². The lowest BCUT2D eigenvalue weighted by atomic mass is 9.95. The van der Waals surface area contributed by atoms with E-state index < -0.39 is 5.60 Å². The molecule has 0 saturated carbocycles. The lowest BCUT2D eigenvalue weighted by Gasteiger charge is -2.27. The van der Waals surface area contributed by atoms with Crippen LogP contribution < -0.4 is 0 Å². The summed E-state index contributed by atoms with van der Waals surface area (Å²) < 4.78 is 5.42. The third-order valence-electron chi connectivity index (χ3n) is 2.39. The van der Waals surface area contributed by atoms with Gasteiger partial charge in [-0.1, -0.05) is 0 Å². The van der Waals surface area contributed by atoms with Crippen LogP contribution in [0.3, 0.4) is 0 Å². The molecule has 0 spiro atoms. The number of carbonyl (C=O) groups is 1. The number of rotatable bonds is 1. The molecule has 0 aromatic heterocycles. The molecule has 0 amide bonds. The number of aliphatic imine (C=N–C) groups is 1. The SMILES string of the molecule is CSC1=N[C@@H](C)CC(C(=O)OC(C)(C)C)C1. The molecule has 1 aliphatic heterocycles. The molecule has 2 atom stereocenters. The van der Waals surface area contributed by atoms with E-state index in [9.17, 15) is 4.79 Å². The van der Waals surface area contributed by atoms with Gasteiger partial charge in [-0.2, -0.15) is 0 Å². The molecular formula is C12H21NO2S. The van der Waals surface area contributed by atoms with Crippen LogP contribution in [0, 0.1) is 5.92 Å². The number of carbonyl (C=O) groups excluding carboxylic acids is 1. The van der Waals surface area contributed by atoms with Crippen molar-refractivity contribution in [2.45, 2.75) is 52.2 Å². The normalized spacial score (nSPS) is 26.2. The van der Waals surface area contributed by atoms with Crippen LogP contribution in [0.1, 0.15) is 40.5 Å². The molecule has 0 fully saturated rings. The topological polar surface area (TPSA) is 38.7 Å². The van der Waals surface area contributed by atoms with Crippen molar-refractivity contribution < 1.29 is 9.53 Å². The van der Waals surface area contributed by atoms with Gasteiger partial charge in [0, 0.05) is 12.5 Å². The Labute approximate surface area is 102 Å². The smallest absolute Gasteiger partial charge is 0.309 e. The molecule has 1 heterocycles. The minimum atomic E-state index is -0.394. The predicted octanol–water partition coefficient (Wildman–Crippen LogP) is 2.89. The second-order valence-electron chi connectivity index (χ2n) is 5.25. The summed E-state index contributed by atoms with van der Waals surface area (Å²) in [5.41, 5.74) is -0.394. The van der Waals surface area contributed by atoms with E-state index in [1.807, 2.05) is 34.0 Å². The minimum Gasteiger partial charge on any atom is -0.460 e. The molecule has 0 aromatic carbocycles. The summed E-state index contributed by atoms with van der Waals surface area (Å²) in [6, 6.07) is 0.230. The number of esters is 1. The van der Waals surface area contributed by atoms with Gasteiger partial charge >= 0.3 is 5.97 Å². The van der Waals surface area contributed by atoms with Gasteiger partial charge in [0.15, 0.2) is 0 Å². The van der Waals surface area contributed by atoms with Gasteiger partial charge in [0.2, 0.25) is 0 Å². The molecule has 0 aromatic rings. The highest BCUT2D eigenvalue weighted by molar-refractivity contribution is 8.13. The van der Waals surface area contributed by atoms with Crippen molar-refractivity contribution in [2.75, 3.05) is 6.26 Å². The predicted molar refractivity (Wildman–Crippen MR) is 69.0 cm³/mol. The van der Waals surface area contributed by atoms with Crippen molar-refractivity contribution in [3.05, 3.63) is 0 Å². The maximum atomic E-state index is 11.9. The number of thioether (sulfide) groups is 1. The second-order valence-corrected chi connectivity index (χ2v) is 6.13. The summed E-state index contributed by atoms with van der Waals surface area (Å²) in [6.07, 6.45) is 3.54. The average molecular weight is 243 g/mol. The molecule has 16 heavy (non-hydrogen) atoms. The van der Waals surface area contributed by atoms with Gasteiger partial charge in [0.05, 0.1) is 11.0 Å². The molecule has 1 aliphatic rings. The van der Waals surface area contributed by atoms with Crippen molar-refractivity contribution in [3.63, 3.8) is 0 Å². The van der Waals surface area contributed by atoms with E-state index in [1.165, 1.54) is 0 Å². The zero-order valence-corrected chi connectivity index (χ0v) is 11.6. The van der Waals surface area contributed by atoms with Gasteiger partial charge < -0.3 is 4.74 Å². The molecule has 0 bridgehead atoms. The molecule has 0 aliphatic carbocycles. The molecule has 92 valence electrons. The average Bonchev–Trinajstić information content (AvgIpc) is 2.14. The van der Waals surface area contributed by atoms with Crippen molar-refractivity contribution in [3.8, 4) is 0 Å². The van der Waals surface area contributed by atoms with Crippen LogP contribution in [0.25, 0.3) is 0 Å². The molecule has 0 saturated heterocycles. The first kappa shape index (κ1) is 13.6. The maximum absolute atomic E-state index is 11.9. The van der Waals surface area contributed by atoms with Crippen LogP contribution in [0.2, 0.25) is 0 Å². The molecule has 0 radical (unpaired) electrons. The summed E-state index contributed by atoms with van der Waals surface area (Å²) in [5, 5.41) is 1.06. The Morgan fingerprint density at radius 3 is 2.62 bits per heavy atom. The molecule has 4 heteroatoms. The highest BCUT2D eigenvalue weighted by Crippen LogP contribution is 2.26. The Bertz CT molecular complexity index is 294. The van der Waals surface area contributed by atoms with E-state index in [0.717, 1.165) is 17.9 Å². The van der Waals surface area contributed by atoms with E-state index >= 15 is 0 Å². The molecule has 1 rings (SSSR count). The standard InChI is InChI=1S/C12H21NO2S/c1-8-6-9(7-10(13-8)16-5)11(14)15-12(2,3)4/h8-9H,6-7H2,1-5H3/t8-,9?/m0/s1. The zero-order valence-electron chi connectivity index (χ0n) is 10.7. The zero-order chi connectivity index (χ0) is 12.3. The summed E-state index contributed by atoms with van der Waals surface area (Å²) in [7, 11) is 0. The Morgan fingerprint density at radius 1 is 1.50 bits per heavy atom. The Morgan fingerprint density at radius 2 is 2.12 bits per heavy atom. The van der Waals surface area contributed by atoms with Crippen LogP contribution in [0.15, 0.2) is 4.99 Å². The van der Waals surface area contributed by atoms with E-state index in [4.69, 9.17) is 4.74 Å². The van der Waals surface area contributed by atoms with Gasteiger partial charge in [0.1, 0.15) is 5.60 Å². The first-order chi connectivity index (χ1) is 7.31. The van der Waals surface area contributed by atoms with Crippen LogP contribution in [0.5, 0.6) is 0 Å². The van der Waals surface area contributed by atoms with Crippen LogP contribution >= 0.6 is 11.8 Å². The summed E-state index contributed by atoms with van der Waals surface area (Å²) in [6.45, 7) is 7.76. The highest BCUT2D eigenvalue weighted by atomic mass is 32.2. The van der Waals surface area contributed by atoms with Gasteiger partial charge in [-0.3, -0.25) is 9.79 Å². The van der Waals surface area contributed by atoms with Gasteiger partial charge in [0.25, 0.3) is 0 Å². The van der Waals surface area contributed by atoms with Crippen molar-refractivity contribution in [1.82, 2.24) is 0 Å². The lowest BCUT2D eigenvalue weighted by molar-refractivity contribution is -0.160. The fourth-order valence-corrected chi connectivity index (χ4v) is 2.41.